The molecular formula is C20H20N4O2S. The number of nitrogens with zero attached hydrogens (tertiary/aromatic N) is 2. The molecule has 2 N–H and O–H groups in total. The van der Waals surface area contributed by atoms with Crippen molar-refractivity contribution >= 4 is 28.2 Å². The van der Waals surface area contributed by atoms with Crippen LogP contribution >= 0.6 is 11.3 Å². The quantitative estimate of drug-likeness (QED) is 0.854. The minimum absolute atomic E-state index is 0.117. The molecule has 1 fully saturated rings. The van der Waals surface area contributed by atoms with Gasteiger partial charge in [0.25, 0.3) is 0 Å². The number of fused-ring (bicyclic) bond motifs is 1. The predicted octanol–water partition coefficient (Wildman–Crippen LogP) is 2.74. The van der Waals surface area contributed by atoms with Gasteiger partial charge < -0.3 is 5.32 Å². The van der Waals surface area contributed by atoms with Crippen molar-refractivity contribution in [2.45, 2.75) is 44.7 Å². The summed E-state index contributed by atoms with van der Waals surface area (Å²) in [5, 5.41) is 14.8. The Kier molecular flexibility index (Phi) is 4.92. The van der Waals surface area contributed by atoms with E-state index in [1.54, 1.807) is 5.01 Å². The number of amides is 2. The molecule has 1 atom stereocenters. The maximum atomic E-state index is 12.9. The van der Waals surface area contributed by atoms with Crippen LogP contribution in [0.25, 0.3) is 0 Å². The fourth-order valence-corrected chi connectivity index (χ4v) is 4.94. The number of nitriles is 1. The van der Waals surface area contributed by atoms with E-state index in [4.69, 9.17) is 0 Å². The Morgan fingerprint density at radius 3 is 2.85 bits per heavy atom. The van der Waals surface area contributed by atoms with Crippen LogP contribution in [0.15, 0.2) is 30.3 Å². The number of nitrogens with one attached hydrogen (secondary N) is 2. The Bertz CT molecular complexity index is 916. The van der Waals surface area contributed by atoms with Gasteiger partial charge in [0.05, 0.1) is 12.0 Å². The molecule has 4 rings (SSSR count). The van der Waals surface area contributed by atoms with Gasteiger partial charge in [-0.3, -0.25) is 15.0 Å². The third-order valence-corrected chi connectivity index (χ3v) is 6.25. The average Bonchev–Trinajstić information content (AvgIpc) is 3.21. The number of anilines is 1. The van der Waals surface area contributed by atoms with Crippen LogP contribution in [-0.2, 0) is 29.0 Å². The summed E-state index contributed by atoms with van der Waals surface area (Å²) in [6.07, 6.45) is 4.18. The number of rotatable bonds is 4. The topological polar surface area (TPSA) is 85.2 Å². The van der Waals surface area contributed by atoms with Gasteiger partial charge in [0.2, 0.25) is 11.8 Å². The molecule has 0 saturated carbocycles. The maximum absolute atomic E-state index is 12.9. The third-order valence-electron chi connectivity index (χ3n) is 5.04. The summed E-state index contributed by atoms with van der Waals surface area (Å²) < 4.78 is 0. The zero-order chi connectivity index (χ0) is 18.8. The van der Waals surface area contributed by atoms with Crippen molar-refractivity contribution in [3.63, 3.8) is 0 Å². The highest BCUT2D eigenvalue weighted by atomic mass is 32.1. The van der Waals surface area contributed by atoms with Crippen molar-refractivity contribution < 1.29 is 9.59 Å². The monoisotopic (exact) mass is 380 g/mol. The first-order valence-electron chi connectivity index (χ1n) is 9.11. The molecule has 27 heavy (non-hydrogen) atoms. The lowest BCUT2D eigenvalue weighted by molar-refractivity contribution is -0.121. The summed E-state index contributed by atoms with van der Waals surface area (Å²) in [6, 6.07) is 11.4. The van der Waals surface area contributed by atoms with E-state index in [2.05, 4.69) is 16.8 Å². The molecular weight excluding hydrogens is 360 g/mol. The van der Waals surface area contributed by atoms with E-state index in [0.29, 0.717) is 17.1 Å². The Morgan fingerprint density at radius 1 is 1.30 bits per heavy atom. The molecule has 2 heterocycles. The van der Waals surface area contributed by atoms with Crippen molar-refractivity contribution in [2.75, 3.05) is 5.32 Å². The highest BCUT2D eigenvalue weighted by molar-refractivity contribution is 7.16. The molecule has 1 aromatic heterocycles. The van der Waals surface area contributed by atoms with Crippen molar-refractivity contribution in [1.29, 1.82) is 5.26 Å². The molecule has 2 aromatic rings. The average molecular weight is 380 g/mol. The van der Waals surface area contributed by atoms with E-state index in [-0.39, 0.29) is 18.2 Å². The minimum Gasteiger partial charge on any atom is -0.315 e. The summed E-state index contributed by atoms with van der Waals surface area (Å²) in [5.74, 6) is -0.420. The largest absolute Gasteiger partial charge is 0.315 e. The molecule has 1 aliphatic carbocycles. The van der Waals surface area contributed by atoms with Crippen LogP contribution in [0.2, 0.25) is 0 Å². The molecule has 2 aliphatic rings. The smallest absolute Gasteiger partial charge is 0.244 e. The zero-order valence-corrected chi connectivity index (χ0v) is 15.6. The molecule has 2 amide bonds. The normalized spacial score (nSPS) is 19.2. The van der Waals surface area contributed by atoms with E-state index >= 15 is 0 Å². The number of carbonyl (C=O) groups excluding carboxylic acids is 2. The molecule has 7 heteroatoms. The van der Waals surface area contributed by atoms with Crippen molar-refractivity contribution in [2.24, 2.45) is 0 Å². The second kappa shape index (κ2) is 7.51. The van der Waals surface area contributed by atoms with Crippen molar-refractivity contribution in [3.8, 4) is 6.07 Å². The lowest BCUT2D eigenvalue weighted by Crippen LogP contribution is -2.43. The zero-order valence-electron chi connectivity index (χ0n) is 14.8. The van der Waals surface area contributed by atoms with Crippen LogP contribution in [-0.4, -0.2) is 22.9 Å². The molecule has 138 valence electrons. The second-order valence-electron chi connectivity index (χ2n) is 6.88. The van der Waals surface area contributed by atoms with Gasteiger partial charge in [-0.2, -0.15) is 5.26 Å². The number of aryl methyl sites for hydroxylation is 1. The number of hydrogen-bond acceptors (Lipinski definition) is 5. The van der Waals surface area contributed by atoms with Gasteiger partial charge in [-0.25, -0.2) is 5.01 Å². The molecule has 0 bridgehead atoms. The summed E-state index contributed by atoms with van der Waals surface area (Å²) in [6.45, 7) is 0.455. The van der Waals surface area contributed by atoms with Crippen molar-refractivity contribution in [3.05, 3.63) is 51.9 Å². The van der Waals surface area contributed by atoms with Gasteiger partial charge in [0.1, 0.15) is 17.1 Å². The lowest BCUT2D eigenvalue weighted by atomic mass is 9.96. The predicted molar refractivity (Wildman–Crippen MR) is 103 cm³/mol. The Morgan fingerprint density at radius 2 is 2.07 bits per heavy atom. The lowest BCUT2D eigenvalue weighted by Gasteiger charge is -2.22. The van der Waals surface area contributed by atoms with Gasteiger partial charge >= 0.3 is 0 Å². The van der Waals surface area contributed by atoms with Crippen LogP contribution < -0.4 is 10.7 Å². The molecule has 1 saturated heterocycles. The van der Waals surface area contributed by atoms with Gasteiger partial charge in [-0.15, -0.1) is 11.3 Å². The van der Waals surface area contributed by atoms with Crippen molar-refractivity contribution in [1.82, 2.24) is 10.4 Å². The Balaban J connectivity index is 1.52. The van der Waals surface area contributed by atoms with E-state index < -0.39 is 6.04 Å². The molecule has 1 unspecified atom stereocenters. The highest BCUT2D eigenvalue weighted by Gasteiger charge is 2.36. The number of benzene rings is 1. The first kappa shape index (κ1) is 17.7. The SMILES string of the molecule is N#Cc1c(NC(=O)C2CC(=O)NN2Cc2ccccc2)sc2c1CCCC2. The first-order valence-corrected chi connectivity index (χ1v) is 9.93. The fourth-order valence-electron chi connectivity index (χ4n) is 3.70. The van der Waals surface area contributed by atoms with E-state index in [1.165, 1.54) is 16.2 Å². The van der Waals surface area contributed by atoms with Crippen LogP contribution in [0.5, 0.6) is 0 Å². The van der Waals surface area contributed by atoms with Gasteiger partial charge in [-0.1, -0.05) is 30.3 Å². The first-order chi connectivity index (χ1) is 13.2. The maximum Gasteiger partial charge on any atom is 0.244 e. The van der Waals surface area contributed by atoms with Crippen LogP contribution in [0, 0.1) is 11.3 Å². The summed E-state index contributed by atoms with van der Waals surface area (Å²) >= 11 is 1.50. The molecule has 0 spiro atoms. The van der Waals surface area contributed by atoms with Gasteiger partial charge in [0, 0.05) is 11.4 Å². The number of thiophene rings is 1. The number of carbonyl (C=O) groups is 2. The third kappa shape index (κ3) is 3.59. The molecule has 0 radical (unpaired) electrons. The van der Waals surface area contributed by atoms with E-state index in [9.17, 15) is 14.9 Å². The van der Waals surface area contributed by atoms with Crippen LogP contribution in [0.1, 0.15) is 40.8 Å². The Labute approximate surface area is 161 Å². The van der Waals surface area contributed by atoms with Crippen LogP contribution in [0.3, 0.4) is 0 Å². The molecule has 1 aliphatic heterocycles. The second-order valence-corrected chi connectivity index (χ2v) is 7.99. The standard InChI is InChI=1S/C20H20N4O2S/c21-11-15-14-8-4-5-9-17(14)27-20(15)22-19(26)16-10-18(25)23-24(16)12-13-6-2-1-3-7-13/h1-3,6-7,16H,4-5,8-10,12H2,(H,22,26)(H,23,25). The van der Waals surface area contributed by atoms with Gasteiger partial charge in [-0.05, 0) is 36.8 Å². The Hall–Kier alpha value is -2.69. The summed E-state index contributed by atoms with van der Waals surface area (Å²) in [5.41, 5.74) is 5.47. The van der Waals surface area contributed by atoms with E-state index in [0.717, 1.165) is 36.8 Å². The highest BCUT2D eigenvalue weighted by Crippen LogP contribution is 2.37. The summed E-state index contributed by atoms with van der Waals surface area (Å²) in [7, 11) is 0. The van der Waals surface area contributed by atoms with Crippen LogP contribution in [0.4, 0.5) is 5.00 Å². The fraction of sp³-hybridized carbons (Fsp3) is 0.350. The van der Waals surface area contributed by atoms with E-state index in [1.807, 2.05) is 30.3 Å². The molecule has 6 nitrogen and oxygen atoms in total. The number of hydrogen-bond donors (Lipinski definition) is 2. The minimum atomic E-state index is -0.594. The summed E-state index contributed by atoms with van der Waals surface area (Å²) in [4.78, 5) is 26.0. The van der Waals surface area contributed by atoms with Gasteiger partial charge in [0.15, 0.2) is 0 Å². The number of hydrazine groups is 1. The molecule has 1 aromatic carbocycles.